The Balaban J connectivity index is 0. The third-order valence-electron chi connectivity index (χ3n) is 3.54. The smallest absolute Gasteiger partial charge is 0 e. The number of isocyanates is 1. The first-order valence-corrected chi connectivity index (χ1v) is 7.53. The topological polar surface area (TPSA) is 56.7 Å². The van der Waals surface area contributed by atoms with Crippen LogP contribution in [-0.2, 0) is 25.2 Å². The van der Waals surface area contributed by atoms with E-state index in [1.807, 2.05) is 12.3 Å². The maximum Gasteiger partial charge on any atom is 0 e. The quantitative estimate of drug-likeness (QED) is 0.306. The SMILES string of the molecule is CC1=CC=C[N-]C1C.CN(C)CC1[CH-]CCCC1.[N-]=C=O.[Pd]. The van der Waals surface area contributed by atoms with Gasteiger partial charge in [-0.3, -0.25) is 4.79 Å². The molecule has 0 saturated heterocycles. The molecule has 2 atom stereocenters. The first-order chi connectivity index (χ1) is 10.0. The van der Waals surface area contributed by atoms with Gasteiger partial charge in [0.15, 0.2) is 0 Å². The second-order valence-electron chi connectivity index (χ2n) is 5.71. The molecule has 1 heterocycles. The summed E-state index contributed by atoms with van der Waals surface area (Å²) in [6.07, 6.45) is 14.5. The summed E-state index contributed by atoms with van der Waals surface area (Å²) in [5.74, 6) is 0.878. The summed E-state index contributed by atoms with van der Waals surface area (Å²) in [4.78, 5) is 10.5. The molecule has 1 fully saturated rings. The summed E-state index contributed by atoms with van der Waals surface area (Å²) in [7, 11) is 4.31. The van der Waals surface area contributed by atoms with Crippen molar-refractivity contribution in [3.63, 3.8) is 0 Å². The van der Waals surface area contributed by atoms with Crippen molar-refractivity contribution in [2.45, 2.75) is 45.6 Å². The van der Waals surface area contributed by atoms with E-state index in [4.69, 9.17) is 10.2 Å². The van der Waals surface area contributed by atoms with Gasteiger partial charge in [-0.2, -0.15) is 18.5 Å². The van der Waals surface area contributed by atoms with Crippen molar-refractivity contribution in [2.75, 3.05) is 20.6 Å². The monoisotopic (exact) mass is 396 g/mol. The molecule has 0 aromatic carbocycles. The summed E-state index contributed by atoms with van der Waals surface area (Å²) < 4.78 is 0. The number of rotatable bonds is 2. The largest absolute Gasteiger partial charge is 0.724 e. The van der Waals surface area contributed by atoms with Gasteiger partial charge in [-0.15, -0.1) is 0 Å². The third kappa shape index (κ3) is 13.0. The molecule has 2 aliphatic rings. The van der Waals surface area contributed by atoms with Gasteiger partial charge in [0.1, 0.15) is 0 Å². The molecule has 130 valence electrons. The van der Waals surface area contributed by atoms with Crippen molar-refractivity contribution in [1.29, 1.82) is 0 Å². The van der Waals surface area contributed by atoms with Gasteiger partial charge < -0.3 is 22.0 Å². The van der Waals surface area contributed by atoms with E-state index >= 15 is 0 Å². The van der Waals surface area contributed by atoms with Crippen LogP contribution in [-0.4, -0.2) is 37.7 Å². The van der Waals surface area contributed by atoms with Crippen LogP contribution in [0.5, 0.6) is 0 Å². The molecule has 0 radical (unpaired) electrons. The van der Waals surface area contributed by atoms with E-state index in [1.54, 1.807) is 0 Å². The molecule has 1 saturated carbocycles. The van der Waals surface area contributed by atoms with Gasteiger partial charge in [-0.25, -0.2) is 0 Å². The maximum atomic E-state index is 8.24. The van der Waals surface area contributed by atoms with Gasteiger partial charge in [0.2, 0.25) is 0 Å². The second kappa shape index (κ2) is 15.2. The van der Waals surface area contributed by atoms with E-state index in [-0.39, 0.29) is 20.4 Å². The van der Waals surface area contributed by atoms with Gasteiger partial charge in [0.05, 0.1) is 0 Å². The van der Waals surface area contributed by atoms with E-state index in [1.165, 1.54) is 37.8 Å². The zero-order valence-electron chi connectivity index (χ0n) is 14.1. The zero-order chi connectivity index (χ0) is 16.1. The van der Waals surface area contributed by atoms with Gasteiger partial charge in [-0.1, -0.05) is 50.0 Å². The Morgan fingerprint density at radius 3 is 2.45 bits per heavy atom. The Kier molecular flexibility index (Phi) is 16.3. The van der Waals surface area contributed by atoms with Crippen molar-refractivity contribution in [3.8, 4) is 0 Å². The Morgan fingerprint density at radius 1 is 1.45 bits per heavy atom. The first kappa shape index (κ1) is 23.5. The molecule has 0 aromatic heterocycles. The van der Waals surface area contributed by atoms with Crippen LogP contribution in [0.3, 0.4) is 0 Å². The molecule has 0 bridgehead atoms. The minimum atomic E-state index is 0. The van der Waals surface area contributed by atoms with Crippen molar-refractivity contribution in [1.82, 2.24) is 4.90 Å². The van der Waals surface area contributed by atoms with E-state index in [2.05, 4.69) is 50.7 Å². The van der Waals surface area contributed by atoms with E-state index < -0.39 is 0 Å². The number of nitrogens with zero attached hydrogens (tertiary/aromatic N) is 3. The standard InChI is InChI=1S/C9H18N.C7H10N.CNO.Pd/c1-10(2)8-9-6-4-3-5-7-9;1-6-4-3-5-8-7(6)2;2-1-3;/h6,9H,3-5,7-8H2,1-2H3;3-5,7H,1-2H3;;/q3*-1;. The first-order valence-electron chi connectivity index (χ1n) is 7.53. The van der Waals surface area contributed by atoms with Crippen LogP contribution in [0.1, 0.15) is 39.5 Å². The molecule has 0 N–H and O–H groups in total. The number of hydrogen-bond donors (Lipinski definition) is 0. The Labute approximate surface area is 149 Å². The molecule has 1 aliphatic heterocycles. The molecule has 0 spiro atoms. The fraction of sp³-hybridized carbons (Fsp3) is 0.647. The molecule has 4 nitrogen and oxygen atoms in total. The van der Waals surface area contributed by atoms with Crippen LogP contribution in [0.2, 0.25) is 0 Å². The minimum Gasteiger partial charge on any atom is -0.724 e. The molecule has 5 heteroatoms. The second-order valence-corrected chi connectivity index (χ2v) is 5.71. The van der Waals surface area contributed by atoms with E-state index in [9.17, 15) is 0 Å². The van der Waals surface area contributed by atoms with Crippen LogP contribution in [0, 0.1) is 12.3 Å². The fourth-order valence-corrected chi connectivity index (χ4v) is 2.29. The maximum absolute atomic E-state index is 8.24. The van der Waals surface area contributed by atoms with Crippen LogP contribution in [0.15, 0.2) is 23.9 Å². The molecule has 2 unspecified atom stereocenters. The van der Waals surface area contributed by atoms with Crippen LogP contribution < -0.4 is 0 Å². The van der Waals surface area contributed by atoms with Crippen molar-refractivity contribution < 1.29 is 25.2 Å². The Hall–Kier alpha value is -0.718. The van der Waals surface area contributed by atoms with Crippen molar-refractivity contribution in [3.05, 3.63) is 41.1 Å². The summed E-state index contributed by atoms with van der Waals surface area (Å²) >= 11 is 0. The Bertz CT molecular complexity index is 355. The molecule has 2 rings (SSSR count). The number of hydrogen-bond acceptors (Lipinski definition) is 2. The normalized spacial score (nSPS) is 22.5. The van der Waals surface area contributed by atoms with Crippen molar-refractivity contribution in [2.24, 2.45) is 5.92 Å². The van der Waals surface area contributed by atoms with E-state index in [0.717, 1.165) is 5.92 Å². The van der Waals surface area contributed by atoms with Crippen LogP contribution >= 0.6 is 0 Å². The fourth-order valence-electron chi connectivity index (χ4n) is 2.29. The van der Waals surface area contributed by atoms with Gasteiger partial charge in [0, 0.05) is 20.4 Å². The van der Waals surface area contributed by atoms with E-state index in [0.29, 0.717) is 12.1 Å². The molecule has 0 aromatic rings. The minimum absolute atomic E-state index is 0. The molecule has 22 heavy (non-hydrogen) atoms. The zero-order valence-corrected chi connectivity index (χ0v) is 15.6. The predicted octanol–water partition coefficient (Wildman–Crippen LogP) is 4.05. The van der Waals surface area contributed by atoms with Gasteiger partial charge >= 0.3 is 0 Å². The summed E-state index contributed by atoms with van der Waals surface area (Å²) in [5, 5.41) is 10.9. The summed E-state index contributed by atoms with van der Waals surface area (Å²) in [6.45, 7) is 5.44. The third-order valence-corrected chi connectivity index (χ3v) is 3.54. The van der Waals surface area contributed by atoms with Crippen LogP contribution in [0.4, 0.5) is 0 Å². The number of carbonyl (C=O) groups excluding carboxylic acids is 1. The molecule has 0 amide bonds. The predicted molar refractivity (Wildman–Crippen MR) is 89.6 cm³/mol. The summed E-state index contributed by atoms with van der Waals surface area (Å²) in [6, 6.07) is 0.403. The Morgan fingerprint density at radius 2 is 2.09 bits per heavy atom. The number of allylic oxidation sites excluding steroid dienone is 2. The average Bonchev–Trinajstić information content (AvgIpc) is 2.44. The van der Waals surface area contributed by atoms with Gasteiger partial charge in [0.25, 0.3) is 0 Å². The molecular formula is C17H28N3OPd-3. The van der Waals surface area contributed by atoms with Crippen LogP contribution in [0.25, 0.3) is 10.7 Å². The molecule has 1 aliphatic carbocycles. The molecular weight excluding hydrogens is 369 g/mol. The van der Waals surface area contributed by atoms with Crippen molar-refractivity contribution >= 4 is 6.08 Å². The average molecular weight is 397 g/mol. The van der Waals surface area contributed by atoms with Gasteiger partial charge in [-0.05, 0) is 33.6 Å². The summed E-state index contributed by atoms with van der Waals surface area (Å²) in [5.41, 5.74) is 1.34.